The number of hydrogen-bond donors (Lipinski definition) is 2. The van der Waals surface area contributed by atoms with Crippen molar-refractivity contribution in [3.8, 4) is 17.0 Å². The highest BCUT2D eigenvalue weighted by Crippen LogP contribution is 2.32. The summed E-state index contributed by atoms with van der Waals surface area (Å²) in [5.41, 5.74) is 2.38. The second-order valence-electron chi connectivity index (χ2n) is 8.02. The number of nitrogens with one attached hydrogen (secondary N) is 2. The predicted molar refractivity (Wildman–Crippen MR) is 134 cm³/mol. The Kier molecular flexibility index (Phi) is 7.08. The van der Waals surface area contributed by atoms with Gasteiger partial charge in [0.25, 0.3) is 10.0 Å². The van der Waals surface area contributed by atoms with Gasteiger partial charge in [-0.3, -0.25) is 4.72 Å². The summed E-state index contributed by atoms with van der Waals surface area (Å²) in [7, 11) is 1.40. The van der Waals surface area contributed by atoms with Crippen LogP contribution in [0.4, 0.5) is 15.9 Å². The molecule has 4 rings (SSSR count). The van der Waals surface area contributed by atoms with E-state index in [-0.39, 0.29) is 16.5 Å². The number of halogens is 1. The van der Waals surface area contributed by atoms with E-state index >= 15 is 0 Å². The summed E-state index contributed by atoms with van der Waals surface area (Å²) in [6, 6.07) is 11.9. The zero-order chi connectivity index (χ0) is 25.0. The van der Waals surface area contributed by atoms with Crippen molar-refractivity contribution in [3.05, 3.63) is 66.9 Å². The van der Waals surface area contributed by atoms with Crippen LogP contribution in [0.25, 0.3) is 22.0 Å². The van der Waals surface area contributed by atoms with E-state index in [0.717, 1.165) is 35.1 Å². The predicted octanol–water partition coefficient (Wildman–Crippen LogP) is 3.61. The first-order valence-electron chi connectivity index (χ1n) is 10.7. The zero-order valence-corrected chi connectivity index (χ0v) is 20.3. The number of ether oxygens (including phenoxy) is 1. The Labute approximate surface area is 203 Å². The lowest BCUT2D eigenvalue weighted by molar-refractivity contribution is 0.400. The molecule has 0 saturated carbocycles. The van der Waals surface area contributed by atoms with Crippen LogP contribution in [0.5, 0.6) is 5.88 Å². The number of likely N-dealkylation sites (N-methyl/N-ethyl adjacent to an activating group) is 1. The molecule has 0 aliphatic heterocycles. The summed E-state index contributed by atoms with van der Waals surface area (Å²) in [4.78, 5) is 15.0. The average Bonchev–Trinajstić information content (AvgIpc) is 2.83. The van der Waals surface area contributed by atoms with Gasteiger partial charge in [-0.05, 0) is 62.1 Å². The maximum absolute atomic E-state index is 13.2. The van der Waals surface area contributed by atoms with Gasteiger partial charge in [-0.2, -0.15) is 0 Å². The molecule has 0 aliphatic rings. The van der Waals surface area contributed by atoms with Crippen LogP contribution in [-0.2, 0) is 10.0 Å². The Morgan fingerprint density at radius 1 is 1.00 bits per heavy atom. The van der Waals surface area contributed by atoms with Gasteiger partial charge in [0, 0.05) is 30.2 Å². The van der Waals surface area contributed by atoms with Gasteiger partial charge < -0.3 is 15.0 Å². The van der Waals surface area contributed by atoms with E-state index in [0.29, 0.717) is 17.9 Å². The molecule has 0 amide bonds. The van der Waals surface area contributed by atoms with Gasteiger partial charge in [-0.1, -0.05) is 6.07 Å². The molecule has 4 aromatic rings. The quantitative estimate of drug-likeness (QED) is 0.362. The number of pyridine rings is 1. The smallest absolute Gasteiger partial charge is 0.262 e. The number of methoxy groups -OCH3 is 1. The number of sulfonamides is 1. The molecule has 2 heterocycles. The SMILES string of the molecule is COc1ncc(-c2ccc3ncnc(NCCN(C)C)c3c2)cc1NS(=O)(=O)c1ccc(F)cc1. The number of fused-ring (bicyclic) bond motifs is 1. The number of anilines is 2. The Morgan fingerprint density at radius 3 is 2.49 bits per heavy atom. The third-order valence-corrected chi connectivity index (χ3v) is 6.61. The number of rotatable bonds is 9. The second kappa shape index (κ2) is 10.2. The van der Waals surface area contributed by atoms with Crippen molar-refractivity contribution in [2.75, 3.05) is 44.3 Å². The van der Waals surface area contributed by atoms with Gasteiger partial charge in [0.1, 0.15) is 23.6 Å². The lowest BCUT2D eigenvalue weighted by atomic mass is 10.0. The van der Waals surface area contributed by atoms with Crippen molar-refractivity contribution in [1.29, 1.82) is 0 Å². The molecule has 0 aliphatic carbocycles. The second-order valence-corrected chi connectivity index (χ2v) is 9.71. The highest BCUT2D eigenvalue weighted by atomic mass is 32.2. The molecular formula is C24H25FN6O3S. The molecule has 0 radical (unpaired) electrons. The molecule has 0 spiro atoms. The van der Waals surface area contributed by atoms with E-state index in [1.165, 1.54) is 25.6 Å². The first kappa shape index (κ1) is 24.3. The fourth-order valence-electron chi connectivity index (χ4n) is 3.44. The van der Waals surface area contributed by atoms with E-state index in [4.69, 9.17) is 4.74 Å². The first-order chi connectivity index (χ1) is 16.8. The van der Waals surface area contributed by atoms with Gasteiger partial charge in [0.15, 0.2) is 0 Å². The van der Waals surface area contributed by atoms with E-state index < -0.39 is 15.8 Å². The third kappa shape index (κ3) is 5.64. The highest BCUT2D eigenvalue weighted by molar-refractivity contribution is 7.92. The van der Waals surface area contributed by atoms with Crippen LogP contribution in [0.1, 0.15) is 0 Å². The summed E-state index contributed by atoms with van der Waals surface area (Å²) < 4.78 is 46.7. The number of hydrogen-bond acceptors (Lipinski definition) is 8. The molecule has 9 nitrogen and oxygen atoms in total. The number of benzene rings is 2. The molecular weight excluding hydrogens is 471 g/mol. The number of nitrogens with zero attached hydrogens (tertiary/aromatic N) is 4. The van der Waals surface area contributed by atoms with Crippen LogP contribution < -0.4 is 14.8 Å². The minimum atomic E-state index is -3.99. The topological polar surface area (TPSA) is 109 Å². The molecule has 0 unspecified atom stereocenters. The normalized spacial score (nSPS) is 11.6. The molecule has 35 heavy (non-hydrogen) atoms. The largest absolute Gasteiger partial charge is 0.480 e. The van der Waals surface area contributed by atoms with E-state index in [9.17, 15) is 12.8 Å². The lowest BCUT2D eigenvalue weighted by Crippen LogP contribution is -2.21. The first-order valence-corrected chi connectivity index (χ1v) is 12.2. The van der Waals surface area contributed by atoms with E-state index in [2.05, 4.69) is 29.9 Å². The molecule has 11 heteroatoms. The van der Waals surface area contributed by atoms with Crippen molar-refractivity contribution in [2.45, 2.75) is 4.90 Å². The zero-order valence-electron chi connectivity index (χ0n) is 19.5. The summed E-state index contributed by atoms with van der Waals surface area (Å²) in [6.45, 7) is 1.55. The molecule has 182 valence electrons. The van der Waals surface area contributed by atoms with Crippen molar-refractivity contribution in [3.63, 3.8) is 0 Å². The van der Waals surface area contributed by atoms with Crippen LogP contribution in [0, 0.1) is 5.82 Å². The Balaban J connectivity index is 1.69. The molecule has 2 aromatic carbocycles. The number of aromatic nitrogens is 3. The van der Waals surface area contributed by atoms with Crippen molar-refractivity contribution >= 4 is 32.4 Å². The summed E-state index contributed by atoms with van der Waals surface area (Å²) in [5, 5.41) is 4.16. The minimum Gasteiger partial charge on any atom is -0.480 e. The summed E-state index contributed by atoms with van der Waals surface area (Å²) in [5.74, 6) is 0.285. The van der Waals surface area contributed by atoms with Crippen molar-refractivity contribution in [1.82, 2.24) is 19.9 Å². The van der Waals surface area contributed by atoms with Crippen LogP contribution in [0.15, 0.2) is 66.0 Å². The molecule has 0 saturated heterocycles. The monoisotopic (exact) mass is 496 g/mol. The van der Waals surface area contributed by atoms with Gasteiger partial charge in [0.2, 0.25) is 5.88 Å². The van der Waals surface area contributed by atoms with Crippen molar-refractivity contribution < 1.29 is 17.5 Å². The fraction of sp³-hybridized carbons (Fsp3) is 0.208. The van der Waals surface area contributed by atoms with E-state index in [1.54, 1.807) is 12.3 Å². The van der Waals surface area contributed by atoms with Gasteiger partial charge in [0.05, 0.1) is 17.5 Å². The van der Waals surface area contributed by atoms with E-state index in [1.807, 2.05) is 32.3 Å². The lowest BCUT2D eigenvalue weighted by Gasteiger charge is -2.14. The maximum Gasteiger partial charge on any atom is 0.262 e. The Morgan fingerprint density at radius 2 is 1.77 bits per heavy atom. The summed E-state index contributed by atoms with van der Waals surface area (Å²) in [6.07, 6.45) is 3.11. The molecule has 0 bridgehead atoms. The summed E-state index contributed by atoms with van der Waals surface area (Å²) >= 11 is 0. The molecule has 2 N–H and O–H groups in total. The van der Waals surface area contributed by atoms with Crippen LogP contribution in [0.2, 0.25) is 0 Å². The van der Waals surface area contributed by atoms with Crippen LogP contribution in [0.3, 0.4) is 0 Å². The van der Waals surface area contributed by atoms with Gasteiger partial charge >= 0.3 is 0 Å². The Hall–Kier alpha value is -3.83. The third-order valence-electron chi connectivity index (χ3n) is 5.23. The minimum absolute atomic E-state index is 0.0809. The van der Waals surface area contributed by atoms with Gasteiger partial charge in [-0.25, -0.2) is 27.8 Å². The average molecular weight is 497 g/mol. The fourth-order valence-corrected chi connectivity index (χ4v) is 4.49. The van der Waals surface area contributed by atoms with Crippen LogP contribution >= 0.6 is 0 Å². The standard InChI is InChI=1S/C24H25FN6O3S/c1-31(2)11-10-26-23-20-12-16(4-9-21(20)28-15-29-23)17-13-22(24(34-3)27-14-17)30-35(32,33)19-7-5-18(25)6-8-19/h4-9,12-15,30H,10-11H2,1-3H3,(H,26,28,29). The van der Waals surface area contributed by atoms with Crippen LogP contribution in [-0.4, -0.2) is 62.6 Å². The van der Waals surface area contributed by atoms with Crippen molar-refractivity contribution in [2.24, 2.45) is 0 Å². The highest BCUT2D eigenvalue weighted by Gasteiger charge is 2.18. The Bertz CT molecular complexity index is 1450. The molecule has 0 fully saturated rings. The van der Waals surface area contributed by atoms with Gasteiger partial charge in [-0.15, -0.1) is 0 Å². The molecule has 0 atom stereocenters. The molecule has 2 aromatic heterocycles. The maximum atomic E-state index is 13.2.